The van der Waals surface area contributed by atoms with E-state index in [0.29, 0.717) is 29.3 Å². The first-order valence-electron chi connectivity index (χ1n) is 11.3. The molecule has 9 heteroatoms. The van der Waals surface area contributed by atoms with Gasteiger partial charge in [-0.1, -0.05) is 30.3 Å². The summed E-state index contributed by atoms with van der Waals surface area (Å²) >= 11 is 5.73. The van der Waals surface area contributed by atoms with Crippen LogP contribution >= 0.6 is 12.2 Å². The van der Waals surface area contributed by atoms with Gasteiger partial charge in [0.15, 0.2) is 5.11 Å². The van der Waals surface area contributed by atoms with Crippen molar-refractivity contribution in [1.82, 2.24) is 10.2 Å². The molecule has 1 aromatic carbocycles. The Hall–Kier alpha value is -1.84. The molecule has 1 amide bonds. The smallest absolute Gasteiger partial charge is 0.311 e. The maximum atomic E-state index is 14.4. The van der Waals surface area contributed by atoms with Crippen LogP contribution in [0.4, 0.5) is 0 Å². The van der Waals surface area contributed by atoms with Crippen molar-refractivity contribution in [2.24, 2.45) is 22.1 Å². The van der Waals surface area contributed by atoms with Crippen LogP contribution in [-0.2, 0) is 25.4 Å². The minimum atomic E-state index is -2.57. The van der Waals surface area contributed by atoms with Gasteiger partial charge in [-0.15, -0.1) is 0 Å². The van der Waals surface area contributed by atoms with Crippen molar-refractivity contribution >= 4 is 33.7 Å². The van der Waals surface area contributed by atoms with Crippen LogP contribution in [0.5, 0.6) is 0 Å². The molecule has 1 aromatic rings. The van der Waals surface area contributed by atoms with Gasteiger partial charge in [-0.05, 0) is 74.1 Å². The Kier molecular flexibility index (Phi) is 5.41. The van der Waals surface area contributed by atoms with Crippen LogP contribution in [-0.4, -0.2) is 56.2 Å². The molecule has 0 saturated heterocycles. The molecule has 4 unspecified atom stereocenters. The quantitative estimate of drug-likeness (QED) is 0.659. The largest absolute Gasteiger partial charge is 0.381 e. The summed E-state index contributed by atoms with van der Waals surface area (Å²) in [5.41, 5.74) is -0.548. The van der Waals surface area contributed by atoms with Crippen molar-refractivity contribution in [3.05, 3.63) is 35.9 Å². The second kappa shape index (κ2) is 7.88. The molecule has 5 aliphatic rings. The van der Waals surface area contributed by atoms with E-state index in [-0.39, 0.29) is 17.6 Å². The van der Waals surface area contributed by atoms with Gasteiger partial charge in [-0.25, -0.2) is 0 Å². The zero-order valence-electron chi connectivity index (χ0n) is 18.4. The first-order chi connectivity index (χ1) is 15.3. The fourth-order valence-corrected chi connectivity index (χ4v) is 8.04. The van der Waals surface area contributed by atoms with Crippen molar-refractivity contribution in [2.75, 3.05) is 14.2 Å². The molecule has 4 bridgehead atoms. The van der Waals surface area contributed by atoms with E-state index in [9.17, 15) is 13.2 Å². The van der Waals surface area contributed by atoms with Crippen molar-refractivity contribution in [1.29, 1.82) is 0 Å². The van der Waals surface area contributed by atoms with E-state index < -0.39 is 22.0 Å². The van der Waals surface area contributed by atoms with Gasteiger partial charge in [0.2, 0.25) is 5.91 Å². The normalized spacial score (nSPS) is 38.8. The molecular weight excluding hydrogens is 446 g/mol. The highest BCUT2D eigenvalue weighted by molar-refractivity contribution is 7.80. The molecule has 32 heavy (non-hydrogen) atoms. The predicted octanol–water partition coefficient (Wildman–Crippen LogP) is 2.69. The van der Waals surface area contributed by atoms with E-state index in [1.165, 1.54) is 0 Å². The van der Waals surface area contributed by atoms with Crippen LogP contribution in [0, 0.1) is 17.8 Å². The number of carbonyl (C=O) groups excluding carboxylic acids is 1. The van der Waals surface area contributed by atoms with Crippen LogP contribution in [0.15, 0.2) is 34.7 Å². The fraction of sp³-hybridized carbons (Fsp3) is 0.652. The molecule has 5 aliphatic carbocycles. The van der Waals surface area contributed by atoms with Gasteiger partial charge in [-0.3, -0.25) is 9.69 Å². The molecule has 5 fully saturated rings. The molecule has 7 nitrogen and oxygen atoms in total. The topological polar surface area (TPSA) is 88.1 Å². The second-order valence-electron chi connectivity index (χ2n) is 9.97. The molecule has 1 N–H and O–H groups in total. The average Bonchev–Trinajstić information content (AvgIpc) is 3.47. The Bertz CT molecular complexity index is 1050. The summed E-state index contributed by atoms with van der Waals surface area (Å²) in [6.45, 7) is 0. The minimum absolute atomic E-state index is 0.127. The van der Waals surface area contributed by atoms with Crippen LogP contribution < -0.4 is 5.32 Å². The Morgan fingerprint density at radius 2 is 1.81 bits per heavy atom. The number of benzene rings is 1. The number of ether oxygens (including phenoxy) is 1. The van der Waals surface area contributed by atoms with Gasteiger partial charge < -0.3 is 10.1 Å². The number of nitrogens with zero attached hydrogens (tertiary/aromatic N) is 2. The maximum Gasteiger partial charge on any atom is 0.311 e. The standard InChI is InChI=1S/C23H29N3O4S2/c1-24-21(31)26(22-10-14-8-15(11-22)19(30-2)16(9-14)12-22)20(27)23(13-18(23)25-32(28)29)17-6-4-3-5-7-17/h3-7,14-16,18-19H,8-13H2,1-2H3,(H,24,31). The first-order valence-corrected chi connectivity index (χ1v) is 12.7. The molecule has 172 valence electrons. The third-order valence-corrected chi connectivity index (χ3v) is 9.14. The van der Waals surface area contributed by atoms with Crippen molar-refractivity contribution in [3.63, 3.8) is 0 Å². The minimum Gasteiger partial charge on any atom is -0.381 e. The average molecular weight is 476 g/mol. The number of rotatable bonds is 5. The summed E-state index contributed by atoms with van der Waals surface area (Å²) in [5, 5.41) is 3.47. The molecule has 5 saturated carbocycles. The van der Waals surface area contributed by atoms with Crippen LogP contribution in [0.2, 0.25) is 0 Å². The molecule has 4 atom stereocenters. The maximum absolute atomic E-state index is 14.4. The van der Waals surface area contributed by atoms with E-state index in [1.807, 2.05) is 35.2 Å². The van der Waals surface area contributed by atoms with Gasteiger partial charge in [-0.2, -0.15) is 12.8 Å². The Morgan fingerprint density at radius 1 is 1.16 bits per heavy atom. The second-order valence-corrected chi connectivity index (χ2v) is 11.0. The van der Waals surface area contributed by atoms with E-state index in [0.717, 1.165) is 37.7 Å². The lowest BCUT2D eigenvalue weighted by Crippen LogP contribution is -2.68. The summed E-state index contributed by atoms with van der Waals surface area (Å²) in [6.07, 6.45) is 5.57. The van der Waals surface area contributed by atoms with Crippen LogP contribution in [0.3, 0.4) is 0 Å². The van der Waals surface area contributed by atoms with Gasteiger partial charge in [0.1, 0.15) is 5.41 Å². The van der Waals surface area contributed by atoms with Gasteiger partial charge in [0.25, 0.3) is 0 Å². The number of hydrogen-bond acceptors (Lipinski definition) is 6. The number of thiocarbonyl (C=S) groups is 1. The lowest BCUT2D eigenvalue weighted by molar-refractivity contribution is -0.164. The molecular formula is C23H29N3O4S2. The Morgan fingerprint density at radius 3 is 2.38 bits per heavy atom. The molecule has 0 spiro atoms. The Balaban J connectivity index is 1.58. The van der Waals surface area contributed by atoms with Crippen LogP contribution in [0.25, 0.3) is 0 Å². The highest BCUT2D eigenvalue weighted by Crippen LogP contribution is 2.60. The number of amides is 1. The van der Waals surface area contributed by atoms with E-state index in [2.05, 4.69) is 9.68 Å². The molecule has 0 heterocycles. The van der Waals surface area contributed by atoms with E-state index >= 15 is 0 Å². The third-order valence-electron chi connectivity index (χ3n) is 8.33. The number of nitrogens with one attached hydrogen (secondary N) is 1. The first kappa shape index (κ1) is 22.0. The zero-order chi connectivity index (χ0) is 22.7. The zero-order valence-corrected chi connectivity index (χ0v) is 20.0. The van der Waals surface area contributed by atoms with Crippen molar-refractivity contribution < 1.29 is 17.9 Å². The number of methoxy groups -OCH3 is 1. The predicted molar refractivity (Wildman–Crippen MR) is 123 cm³/mol. The number of hydrogen-bond donors (Lipinski definition) is 1. The number of carbonyl (C=O) groups is 1. The highest BCUT2D eigenvalue weighted by atomic mass is 32.2. The summed E-state index contributed by atoms with van der Waals surface area (Å²) in [6, 6.07) is 8.83. The fourth-order valence-electron chi connectivity index (χ4n) is 7.30. The molecule has 6 rings (SSSR count). The molecule has 0 radical (unpaired) electrons. The summed E-state index contributed by atoms with van der Waals surface area (Å²) in [4.78, 5) is 16.2. The van der Waals surface area contributed by atoms with Crippen LogP contribution in [0.1, 0.15) is 44.1 Å². The van der Waals surface area contributed by atoms with Gasteiger partial charge in [0.05, 0.1) is 17.7 Å². The summed E-state index contributed by atoms with van der Waals surface area (Å²) in [5.74, 6) is 1.28. The van der Waals surface area contributed by atoms with Crippen molar-refractivity contribution in [2.45, 2.75) is 61.6 Å². The SMILES string of the molecule is CNC(=S)N(C(=O)C1(c2ccccc2)CC1N=S(=O)=O)C12CC3CC(C1)C(OC)C(C3)C2. The summed E-state index contributed by atoms with van der Waals surface area (Å²) < 4.78 is 32.5. The Labute approximate surface area is 195 Å². The van der Waals surface area contributed by atoms with Gasteiger partial charge in [0, 0.05) is 14.2 Å². The highest BCUT2D eigenvalue weighted by Gasteiger charge is 2.67. The monoisotopic (exact) mass is 475 g/mol. The lowest BCUT2D eigenvalue weighted by Gasteiger charge is -2.62. The summed E-state index contributed by atoms with van der Waals surface area (Å²) in [7, 11) is 0.971. The lowest BCUT2D eigenvalue weighted by atomic mass is 9.51. The molecule has 0 aromatic heterocycles. The van der Waals surface area contributed by atoms with E-state index in [4.69, 9.17) is 17.0 Å². The molecule has 0 aliphatic heterocycles. The van der Waals surface area contributed by atoms with E-state index in [1.54, 1.807) is 14.2 Å². The van der Waals surface area contributed by atoms with Crippen molar-refractivity contribution in [3.8, 4) is 0 Å². The third kappa shape index (κ3) is 3.23. The van der Waals surface area contributed by atoms with Gasteiger partial charge >= 0.3 is 10.5 Å².